The number of carbonyl (C=O) groups is 1. The molecule has 1 spiro atoms. The van der Waals surface area contributed by atoms with Crippen LogP contribution in [0, 0.1) is 6.92 Å². The first-order valence-corrected chi connectivity index (χ1v) is 8.83. The van der Waals surface area contributed by atoms with E-state index >= 15 is 0 Å². The second-order valence-corrected chi connectivity index (χ2v) is 7.00. The van der Waals surface area contributed by atoms with E-state index in [1.165, 1.54) is 16.7 Å². The normalized spacial score (nSPS) is 18.6. The molecule has 2 aromatic carbocycles. The van der Waals surface area contributed by atoms with E-state index in [0.29, 0.717) is 32.5 Å². The first-order chi connectivity index (χ1) is 12.0. The van der Waals surface area contributed by atoms with Crippen molar-refractivity contribution < 1.29 is 14.3 Å². The summed E-state index contributed by atoms with van der Waals surface area (Å²) in [7, 11) is 0. The Morgan fingerprint density at radius 2 is 1.72 bits per heavy atom. The molecule has 2 aliphatic rings. The molecule has 0 aromatic heterocycles. The third-order valence-electron chi connectivity index (χ3n) is 5.20. The predicted octanol–water partition coefficient (Wildman–Crippen LogP) is 3.91. The van der Waals surface area contributed by atoms with Crippen LogP contribution in [0.2, 0.25) is 0 Å². The number of likely N-dealkylation sites (tertiary alicyclic amines) is 1. The van der Waals surface area contributed by atoms with Crippen LogP contribution < -0.4 is 4.74 Å². The summed E-state index contributed by atoms with van der Waals surface area (Å²) in [4.78, 5) is 13.4. The van der Waals surface area contributed by atoms with Crippen molar-refractivity contribution in [1.82, 2.24) is 4.90 Å². The third kappa shape index (κ3) is 3.14. The molecule has 2 heterocycles. The number of nitrogens with zero attached hydrogens (tertiary/aromatic N) is 1. The Hall–Kier alpha value is -2.33. The van der Waals surface area contributed by atoms with Gasteiger partial charge in [0.15, 0.2) is 0 Å². The van der Waals surface area contributed by atoms with Gasteiger partial charge < -0.3 is 14.4 Å². The highest BCUT2D eigenvalue weighted by atomic mass is 16.7. The van der Waals surface area contributed by atoms with E-state index in [9.17, 15) is 4.79 Å². The van der Waals surface area contributed by atoms with Crippen LogP contribution >= 0.6 is 0 Å². The van der Waals surface area contributed by atoms with E-state index in [2.05, 4.69) is 43.3 Å². The topological polar surface area (TPSA) is 38.8 Å². The molecule has 0 unspecified atom stereocenters. The van der Waals surface area contributed by atoms with Crippen LogP contribution in [0.5, 0.6) is 5.75 Å². The minimum atomic E-state index is -0.579. The Morgan fingerprint density at radius 3 is 2.40 bits per heavy atom. The van der Waals surface area contributed by atoms with Gasteiger partial charge in [0.05, 0.1) is 6.61 Å². The summed E-state index contributed by atoms with van der Waals surface area (Å²) in [6.45, 7) is 5.63. The van der Waals surface area contributed by atoms with Crippen molar-refractivity contribution in [3.63, 3.8) is 0 Å². The third-order valence-corrected chi connectivity index (χ3v) is 5.20. The quantitative estimate of drug-likeness (QED) is 0.792. The molecule has 1 amide bonds. The smallest absolute Gasteiger partial charge is 0.219 e. The van der Waals surface area contributed by atoms with Crippen molar-refractivity contribution in [2.75, 3.05) is 13.1 Å². The number of piperidine rings is 1. The minimum absolute atomic E-state index is 0.119. The lowest BCUT2D eigenvalue weighted by atomic mass is 9.98. The van der Waals surface area contributed by atoms with E-state index < -0.39 is 5.79 Å². The van der Waals surface area contributed by atoms with Gasteiger partial charge in [-0.1, -0.05) is 35.9 Å². The largest absolute Gasteiger partial charge is 0.462 e. The van der Waals surface area contributed by atoms with E-state index in [1.807, 2.05) is 11.0 Å². The molecule has 0 radical (unpaired) electrons. The zero-order valence-corrected chi connectivity index (χ0v) is 14.7. The second-order valence-electron chi connectivity index (χ2n) is 7.00. The van der Waals surface area contributed by atoms with Gasteiger partial charge in [-0.15, -0.1) is 0 Å². The number of ether oxygens (including phenoxy) is 2. The summed E-state index contributed by atoms with van der Waals surface area (Å²) in [5.74, 6) is 0.442. The molecule has 0 aliphatic carbocycles. The number of fused-ring (bicyclic) bond motifs is 1. The maximum absolute atomic E-state index is 11.5. The molecule has 4 heteroatoms. The molecule has 25 heavy (non-hydrogen) atoms. The van der Waals surface area contributed by atoms with Crippen molar-refractivity contribution in [3.8, 4) is 16.9 Å². The number of amides is 1. The lowest BCUT2D eigenvalue weighted by Gasteiger charge is -2.43. The van der Waals surface area contributed by atoms with Gasteiger partial charge in [-0.2, -0.15) is 0 Å². The van der Waals surface area contributed by atoms with Crippen molar-refractivity contribution in [2.24, 2.45) is 0 Å². The Kier molecular flexibility index (Phi) is 4.00. The summed E-state index contributed by atoms with van der Waals surface area (Å²) in [5, 5.41) is 0. The Bertz CT molecular complexity index is 789. The summed E-state index contributed by atoms with van der Waals surface area (Å²) >= 11 is 0. The summed E-state index contributed by atoms with van der Waals surface area (Å²) in [5.41, 5.74) is 4.71. The number of hydrogen-bond acceptors (Lipinski definition) is 3. The van der Waals surface area contributed by atoms with Crippen molar-refractivity contribution >= 4 is 5.91 Å². The number of aryl methyl sites for hydroxylation is 1. The average molecular weight is 337 g/mol. The monoisotopic (exact) mass is 337 g/mol. The molecule has 0 atom stereocenters. The fraction of sp³-hybridized carbons (Fsp3) is 0.381. The van der Waals surface area contributed by atoms with Crippen molar-refractivity contribution in [1.29, 1.82) is 0 Å². The van der Waals surface area contributed by atoms with Crippen LogP contribution in [-0.2, 0) is 16.1 Å². The zero-order chi connectivity index (χ0) is 17.4. The first-order valence-electron chi connectivity index (χ1n) is 8.83. The second kappa shape index (κ2) is 6.19. The number of benzene rings is 2. The molecule has 130 valence electrons. The number of rotatable bonds is 1. The van der Waals surface area contributed by atoms with Gasteiger partial charge >= 0.3 is 0 Å². The number of carbonyl (C=O) groups excluding carboxylic acids is 1. The van der Waals surface area contributed by atoms with Gasteiger partial charge in [-0.3, -0.25) is 4.79 Å². The minimum Gasteiger partial charge on any atom is -0.462 e. The molecule has 0 saturated carbocycles. The maximum atomic E-state index is 11.5. The van der Waals surface area contributed by atoms with Crippen LogP contribution in [-0.4, -0.2) is 29.7 Å². The molecule has 1 fully saturated rings. The van der Waals surface area contributed by atoms with Gasteiger partial charge in [0.25, 0.3) is 0 Å². The van der Waals surface area contributed by atoms with Crippen molar-refractivity contribution in [3.05, 3.63) is 53.6 Å². The van der Waals surface area contributed by atoms with Crippen LogP contribution in [0.1, 0.15) is 30.9 Å². The van der Waals surface area contributed by atoms with Crippen LogP contribution in [0.25, 0.3) is 11.1 Å². The first kappa shape index (κ1) is 16.2. The van der Waals surface area contributed by atoms with Gasteiger partial charge in [0.1, 0.15) is 5.75 Å². The highest BCUT2D eigenvalue weighted by Crippen LogP contribution is 2.39. The van der Waals surface area contributed by atoms with E-state index in [-0.39, 0.29) is 5.91 Å². The SMILES string of the molecule is CC(=O)N1CCC2(CC1)OCc1cc(-c3ccc(C)cc3)ccc1O2. The molecule has 2 aromatic rings. The molecule has 0 N–H and O–H groups in total. The van der Waals surface area contributed by atoms with Gasteiger partial charge in [-0.25, -0.2) is 0 Å². The van der Waals surface area contributed by atoms with E-state index in [4.69, 9.17) is 9.47 Å². The Morgan fingerprint density at radius 1 is 1.04 bits per heavy atom. The zero-order valence-electron chi connectivity index (χ0n) is 14.7. The maximum Gasteiger partial charge on any atom is 0.219 e. The fourth-order valence-corrected chi connectivity index (χ4v) is 3.57. The molecule has 0 bridgehead atoms. The highest BCUT2D eigenvalue weighted by Gasteiger charge is 2.41. The lowest BCUT2D eigenvalue weighted by Crippen LogP contribution is -2.52. The molecule has 4 rings (SSSR count). The summed E-state index contributed by atoms with van der Waals surface area (Å²) < 4.78 is 12.3. The Balaban J connectivity index is 1.53. The molecule has 1 saturated heterocycles. The van der Waals surface area contributed by atoms with Gasteiger partial charge in [0.2, 0.25) is 11.7 Å². The van der Waals surface area contributed by atoms with Gasteiger partial charge in [-0.05, 0) is 30.2 Å². The Labute approximate surface area is 148 Å². The molecular weight excluding hydrogens is 314 g/mol. The van der Waals surface area contributed by atoms with E-state index in [0.717, 1.165) is 11.3 Å². The van der Waals surface area contributed by atoms with Crippen LogP contribution in [0.4, 0.5) is 0 Å². The predicted molar refractivity (Wildman–Crippen MR) is 96.3 cm³/mol. The summed E-state index contributed by atoms with van der Waals surface area (Å²) in [6, 6.07) is 14.8. The van der Waals surface area contributed by atoms with Crippen LogP contribution in [0.3, 0.4) is 0 Å². The molecule has 2 aliphatic heterocycles. The lowest BCUT2D eigenvalue weighted by molar-refractivity contribution is -0.227. The van der Waals surface area contributed by atoms with Crippen molar-refractivity contribution in [2.45, 2.75) is 39.1 Å². The van der Waals surface area contributed by atoms with Gasteiger partial charge in [0, 0.05) is 38.4 Å². The molecular formula is C21H23NO3. The van der Waals surface area contributed by atoms with Crippen LogP contribution in [0.15, 0.2) is 42.5 Å². The molecule has 4 nitrogen and oxygen atoms in total. The average Bonchev–Trinajstić information content (AvgIpc) is 2.62. The highest BCUT2D eigenvalue weighted by molar-refractivity contribution is 5.73. The summed E-state index contributed by atoms with van der Waals surface area (Å²) in [6.07, 6.45) is 1.43. The number of hydrogen-bond donors (Lipinski definition) is 0. The van der Waals surface area contributed by atoms with E-state index in [1.54, 1.807) is 6.92 Å². The fourth-order valence-electron chi connectivity index (χ4n) is 3.57. The standard InChI is InChI=1S/C21H23NO3/c1-15-3-5-17(6-4-15)18-7-8-20-19(13-18)14-24-21(25-20)9-11-22(12-10-21)16(2)23/h3-8,13H,9-12,14H2,1-2H3.